The molecule has 0 aliphatic heterocycles. The molecule has 0 amide bonds. The average molecular weight is 268 g/mol. The summed E-state index contributed by atoms with van der Waals surface area (Å²) in [4.78, 5) is 8.76. The summed E-state index contributed by atoms with van der Waals surface area (Å²) < 4.78 is 5.13. The first-order chi connectivity index (χ1) is 9.12. The number of hydrogen-bond acceptors (Lipinski definition) is 6. The van der Waals surface area contributed by atoms with E-state index in [2.05, 4.69) is 22.2 Å². The van der Waals surface area contributed by atoms with Gasteiger partial charge in [-0.25, -0.2) is 9.97 Å². The normalized spacial score (nSPS) is 12.4. The summed E-state index contributed by atoms with van der Waals surface area (Å²) in [6.07, 6.45) is 2.37. The van der Waals surface area contributed by atoms with Crippen LogP contribution in [0.5, 0.6) is 0 Å². The van der Waals surface area contributed by atoms with Crippen molar-refractivity contribution in [2.75, 3.05) is 31.4 Å². The fourth-order valence-corrected chi connectivity index (χ4v) is 1.81. The summed E-state index contributed by atoms with van der Waals surface area (Å²) in [7, 11) is 1.63. The van der Waals surface area contributed by atoms with Crippen molar-refractivity contribution in [1.29, 1.82) is 0 Å². The molecule has 0 aliphatic rings. The number of hydrogen-bond donors (Lipinski definition) is 3. The average Bonchev–Trinajstić information content (AvgIpc) is 2.36. The molecule has 0 bridgehead atoms. The van der Waals surface area contributed by atoms with Crippen molar-refractivity contribution in [3.63, 3.8) is 0 Å². The maximum absolute atomic E-state index is 9.05. The number of aliphatic hydroxyl groups excluding tert-OH is 1. The van der Waals surface area contributed by atoms with Gasteiger partial charge in [0.2, 0.25) is 0 Å². The Bertz CT molecular complexity index is 392. The molecule has 0 aromatic carbocycles. The molecule has 4 N–H and O–H groups in total. The van der Waals surface area contributed by atoms with Crippen molar-refractivity contribution in [2.45, 2.75) is 39.2 Å². The van der Waals surface area contributed by atoms with Gasteiger partial charge in [0.1, 0.15) is 17.5 Å². The standard InChI is InChI=1S/C13H24N4O2/c1-4-5-11-16-12(14)9(2)13(17-11)15-10(6-7-18)8-19-3/h10,18H,4-8H2,1-3H3,(H3,14,15,16,17). The number of nitrogens with one attached hydrogen (secondary N) is 1. The zero-order valence-electron chi connectivity index (χ0n) is 11.9. The Morgan fingerprint density at radius 1 is 1.42 bits per heavy atom. The summed E-state index contributed by atoms with van der Waals surface area (Å²) in [5.74, 6) is 1.97. The molecule has 0 saturated carbocycles. The maximum Gasteiger partial charge on any atom is 0.135 e. The van der Waals surface area contributed by atoms with E-state index >= 15 is 0 Å². The molecular weight excluding hydrogens is 244 g/mol. The predicted octanol–water partition coefficient (Wildman–Crippen LogP) is 1.13. The van der Waals surface area contributed by atoms with Crippen LogP contribution in [-0.4, -0.2) is 41.4 Å². The Morgan fingerprint density at radius 3 is 2.74 bits per heavy atom. The van der Waals surface area contributed by atoms with E-state index in [-0.39, 0.29) is 12.6 Å². The van der Waals surface area contributed by atoms with Crippen molar-refractivity contribution in [1.82, 2.24) is 9.97 Å². The van der Waals surface area contributed by atoms with Gasteiger partial charge in [-0.2, -0.15) is 0 Å². The Labute approximate surface area is 114 Å². The Hall–Kier alpha value is -1.40. The van der Waals surface area contributed by atoms with Crippen LogP contribution < -0.4 is 11.1 Å². The second kappa shape index (κ2) is 7.91. The highest BCUT2D eigenvalue weighted by atomic mass is 16.5. The molecule has 6 nitrogen and oxygen atoms in total. The van der Waals surface area contributed by atoms with Crippen LogP contribution in [0.15, 0.2) is 0 Å². The van der Waals surface area contributed by atoms with Gasteiger partial charge in [0.15, 0.2) is 0 Å². The topological polar surface area (TPSA) is 93.3 Å². The number of aliphatic hydroxyl groups is 1. The van der Waals surface area contributed by atoms with E-state index < -0.39 is 0 Å². The van der Waals surface area contributed by atoms with E-state index in [0.717, 1.165) is 30.0 Å². The van der Waals surface area contributed by atoms with Crippen LogP contribution in [0, 0.1) is 6.92 Å². The van der Waals surface area contributed by atoms with Crippen LogP contribution in [0.1, 0.15) is 31.2 Å². The number of aromatic nitrogens is 2. The van der Waals surface area contributed by atoms with Gasteiger partial charge in [-0.1, -0.05) is 6.92 Å². The summed E-state index contributed by atoms with van der Waals surface area (Å²) in [5, 5.41) is 12.3. The molecule has 1 rings (SSSR count). The number of ether oxygens (including phenoxy) is 1. The lowest BCUT2D eigenvalue weighted by Gasteiger charge is -2.19. The fourth-order valence-electron chi connectivity index (χ4n) is 1.81. The lowest BCUT2D eigenvalue weighted by atomic mass is 10.2. The molecular formula is C13H24N4O2. The first-order valence-electron chi connectivity index (χ1n) is 6.61. The number of nitrogen functional groups attached to an aromatic ring is 1. The fraction of sp³-hybridized carbons (Fsp3) is 0.692. The van der Waals surface area contributed by atoms with Crippen LogP contribution in [0.3, 0.4) is 0 Å². The molecule has 1 aromatic rings. The van der Waals surface area contributed by atoms with Gasteiger partial charge in [0.25, 0.3) is 0 Å². The van der Waals surface area contributed by atoms with Gasteiger partial charge < -0.3 is 20.9 Å². The molecule has 1 heterocycles. The van der Waals surface area contributed by atoms with Crippen molar-refractivity contribution >= 4 is 11.6 Å². The van der Waals surface area contributed by atoms with E-state index in [4.69, 9.17) is 15.6 Å². The van der Waals surface area contributed by atoms with Crippen molar-refractivity contribution in [2.24, 2.45) is 0 Å². The molecule has 0 fully saturated rings. The Kier molecular flexibility index (Phi) is 6.52. The largest absolute Gasteiger partial charge is 0.396 e. The highest BCUT2D eigenvalue weighted by molar-refractivity contribution is 5.55. The van der Waals surface area contributed by atoms with Crippen LogP contribution in [0.2, 0.25) is 0 Å². The minimum absolute atomic E-state index is 0.0116. The first-order valence-corrected chi connectivity index (χ1v) is 6.61. The maximum atomic E-state index is 9.05. The Morgan fingerprint density at radius 2 is 2.16 bits per heavy atom. The second-order valence-electron chi connectivity index (χ2n) is 4.56. The lowest BCUT2D eigenvalue weighted by molar-refractivity contribution is 0.170. The highest BCUT2D eigenvalue weighted by Gasteiger charge is 2.13. The van der Waals surface area contributed by atoms with Crippen molar-refractivity contribution in [3.8, 4) is 0 Å². The summed E-state index contributed by atoms with van der Waals surface area (Å²) in [5.41, 5.74) is 6.74. The summed E-state index contributed by atoms with van der Waals surface area (Å²) in [6.45, 7) is 4.57. The number of nitrogens with two attached hydrogens (primary N) is 1. The summed E-state index contributed by atoms with van der Waals surface area (Å²) in [6, 6.07) is 0.0116. The van der Waals surface area contributed by atoms with Gasteiger partial charge in [-0.3, -0.25) is 0 Å². The van der Waals surface area contributed by atoms with E-state index in [9.17, 15) is 0 Å². The minimum Gasteiger partial charge on any atom is -0.396 e. The van der Waals surface area contributed by atoms with Gasteiger partial charge >= 0.3 is 0 Å². The van der Waals surface area contributed by atoms with Crippen LogP contribution >= 0.6 is 0 Å². The molecule has 19 heavy (non-hydrogen) atoms. The molecule has 6 heteroatoms. The number of aryl methyl sites for hydroxylation is 1. The molecule has 1 unspecified atom stereocenters. The van der Waals surface area contributed by atoms with Gasteiger partial charge in [0.05, 0.1) is 12.6 Å². The van der Waals surface area contributed by atoms with E-state index in [1.807, 2.05) is 6.92 Å². The quantitative estimate of drug-likeness (QED) is 0.654. The van der Waals surface area contributed by atoms with Crippen molar-refractivity contribution in [3.05, 3.63) is 11.4 Å². The minimum atomic E-state index is 0.0116. The van der Waals surface area contributed by atoms with E-state index in [0.29, 0.717) is 18.8 Å². The van der Waals surface area contributed by atoms with E-state index in [1.54, 1.807) is 7.11 Å². The smallest absolute Gasteiger partial charge is 0.135 e. The predicted molar refractivity (Wildman–Crippen MR) is 76.2 cm³/mol. The second-order valence-corrected chi connectivity index (χ2v) is 4.56. The molecule has 0 radical (unpaired) electrons. The molecule has 0 spiro atoms. The molecule has 108 valence electrons. The monoisotopic (exact) mass is 268 g/mol. The number of nitrogens with zero attached hydrogens (tertiary/aromatic N) is 2. The number of methoxy groups -OCH3 is 1. The highest BCUT2D eigenvalue weighted by Crippen LogP contribution is 2.19. The van der Waals surface area contributed by atoms with Gasteiger partial charge in [-0.15, -0.1) is 0 Å². The zero-order valence-corrected chi connectivity index (χ0v) is 11.9. The SMILES string of the molecule is CCCc1nc(N)c(C)c(NC(CCO)COC)n1. The van der Waals surface area contributed by atoms with Crippen molar-refractivity contribution < 1.29 is 9.84 Å². The lowest BCUT2D eigenvalue weighted by Crippen LogP contribution is -2.27. The number of rotatable bonds is 8. The van der Waals surface area contributed by atoms with Gasteiger partial charge in [-0.05, 0) is 19.8 Å². The molecule has 1 atom stereocenters. The number of anilines is 2. The van der Waals surface area contributed by atoms with Gasteiger partial charge in [0, 0.05) is 25.7 Å². The molecule has 0 aliphatic carbocycles. The molecule has 0 saturated heterocycles. The Balaban J connectivity index is 2.90. The third-order valence-electron chi connectivity index (χ3n) is 2.89. The third kappa shape index (κ3) is 4.65. The van der Waals surface area contributed by atoms with Crippen LogP contribution in [0.25, 0.3) is 0 Å². The zero-order chi connectivity index (χ0) is 14.3. The first kappa shape index (κ1) is 15.7. The van der Waals surface area contributed by atoms with Crippen LogP contribution in [-0.2, 0) is 11.2 Å². The van der Waals surface area contributed by atoms with Crippen LogP contribution in [0.4, 0.5) is 11.6 Å². The summed E-state index contributed by atoms with van der Waals surface area (Å²) >= 11 is 0. The van der Waals surface area contributed by atoms with E-state index in [1.165, 1.54) is 0 Å². The third-order valence-corrected chi connectivity index (χ3v) is 2.89. The molecule has 1 aromatic heterocycles.